The predicted octanol–water partition coefficient (Wildman–Crippen LogP) is 2.79. The van der Waals surface area contributed by atoms with Gasteiger partial charge in [-0.1, -0.05) is 17.7 Å². The molecule has 5 heteroatoms. The van der Waals surface area contributed by atoms with Gasteiger partial charge in [0.2, 0.25) is 5.91 Å². The smallest absolute Gasteiger partial charge is 0.223 e. The van der Waals surface area contributed by atoms with Gasteiger partial charge in [0, 0.05) is 38.0 Å². The summed E-state index contributed by atoms with van der Waals surface area (Å²) in [7, 11) is 0. The molecule has 1 saturated carbocycles. The number of carbonyl (C=O) groups excluding carboxylic acids is 3. The number of hydrogen-bond acceptors (Lipinski definition) is 4. The van der Waals surface area contributed by atoms with Crippen LogP contribution >= 0.6 is 0 Å². The van der Waals surface area contributed by atoms with Crippen molar-refractivity contribution in [1.82, 2.24) is 5.32 Å². The Kier molecular flexibility index (Phi) is 6.10. The summed E-state index contributed by atoms with van der Waals surface area (Å²) in [6.45, 7) is 7.66. The van der Waals surface area contributed by atoms with E-state index in [0.717, 1.165) is 35.1 Å². The maximum Gasteiger partial charge on any atom is 0.223 e. The van der Waals surface area contributed by atoms with Crippen LogP contribution in [0, 0.1) is 32.6 Å². The van der Waals surface area contributed by atoms with Gasteiger partial charge in [0.15, 0.2) is 5.78 Å². The van der Waals surface area contributed by atoms with E-state index in [1.807, 2.05) is 32.9 Å². The molecule has 1 aliphatic heterocycles. The molecule has 27 heavy (non-hydrogen) atoms. The number of nitrogens with one attached hydrogen (secondary N) is 1. The molecule has 0 bridgehead atoms. The fourth-order valence-electron chi connectivity index (χ4n) is 4.52. The summed E-state index contributed by atoms with van der Waals surface area (Å²) in [6, 6.07) is 4.06. The van der Waals surface area contributed by atoms with Crippen molar-refractivity contribution in [2.24, 2.45) is 11.8 Å². The fourth-order valence-corrected chi connectivity index (χ4v) is 4.52. The lowest BCUT2D eigenvalue weighted by molar-refractivity contribution is -0.128. The van der Waals surface area contributed by atoms with Crippen LogP contribution in [0.15, 0.2) is 12.1 Å². The molecule has 1 aromatic carbocycles. The summed E-state index contributed by atoms with van der Waals surface area (Å²) in [5, 5.41) is 2.94. The lowest BCUT2D eigenvalue weighted by Crippen LogP contribution is -2.35. The number of rotatable bonds is 5. The minimum Gasteiger partial charge on any atom is -0.381 e. The first kappa shape index (κ1) is 19.7. The summed E-state index contributed by atoms with van der Waals surface area (Å²) < 4.78 is 5.28. The van der Waals surface area contributed by atoms with Crippen molar-refractivity contribution in [1.29, 1.82) is 0 Å². The number of Topliss-reactive ketones (excluding diaryl/α,β-unsaturated/α-hetero) is 2. The average Bonchev–Trinajstić information content (AvgIpc) is 2.89. The molecule has 1 heterocycles. The van der Waals surface area contributed by atoms with Crippen LogP contribution in [0.1, 0.15) is 53.9 Å². The molecule has 2 fully saturated rings. The van der Waals surface area contributed by atoms with Crippen LogP contribution in [0.4, 0.5) is 0 Å². The van der Waals surface area contributed by atoms with E-state index in [0.29, 0.717) is 26.2 Å². The molecular formula is C22H29NO4. The highest BCUT2D eigenvalue weighted by atomic mass is 16.5. The highest BCUT2D eigenvalue weighted by Crippen LogP contribution is 2.37. The highest BCUT2D eigenvalue weighted by Gasteiger charge is 2.42. The van der Waals surface area contributed by atoms with Crippen molar-refractivity contribution >= 4 is 17.5 Å². The summed E-state index contributed by atoms with van der Waals surface area (Å²) in [5.74, 6) is -0.868. The van der Waals surface area contributed by atoms with E-state index in [1.54, 1.807) is 0 Å². The van der Waals surface area contributed by atoms with Crippen LogP contribution in [-0.2, 0) is 19.1 Å². The third-order valence-corrected chi connectivity index (χ3v) is 5.87. The second-order valence-corrected chi connectivity index (χ2v) is 7.98. The van der Waals surface area contributed by atoms with Gasteiger partial charge in [-0.25, -0.2) is 0 Å². The molecule has 2 atom stereocenters. The third-order valence-electron chi connectivity index (χ3n) is 5.87. The van der Waals surface area contributed by atoms with Gasteiger partial charge in [-0.15, -0.1) is 0 Å². The molecule has 1 amide bonds. The largest absolute Gasteiger partial charge is 0.381 e. The quantitative estimate of drug-likeness (QED) is 0.808. The zero-order valence-corrected chi connectivity index (χ0v) is 16.5. The van der Waals surface area contributed by atoms with Crippen molar-refractivity contribution in [2.75, 3.05) is 19.8 Å². The normalized spacial score (nSPS) is 23.7. The number of ketones is 2. The molecule has 5 nitrogen and oxygen atoms in total. The number of carbonyl (C=O) groups is 3. The van der Waals surface area contributed by atoms with Crippen molar-refractivity contribution in [3.8, 4) is 0 Å². The summed E-state index contributed by atoms with van der Waals surface area (Å²) >= 11 is 0. The number of ether oxygens (including phenoxy) is 1. The lowest BCUT2D eigenvalue weighted by atomic mass is 9.86. The zero-order valence-electron chi connectivity index (χ0n) is 16.5. The molecule has 0 radical (unpaired) electrons. The van der Waals surface area contributed by atoms with Crippen LogP contribution in [0.2, 0.25) is 0 Å². The van der Waals surface area contributed by atoms with Gasteiger partial charge in [0.25, 0.3) is 0 Å². The third kappa shape index (κ3) is 4.29. The average molecular weight is 371 g/mol. The van der Waals surface area contributed by atoms with Crippen LogP contribution in [0.5, 0.6) is 0 Å². The maximum absolute atomic E-state index is 12.9. The second-order valence-electron chi connectivity index (χ2n) is 7.98. The van der Waals surface area contributed by atoms with Gasteiger partial charge in [0.1, 0.15) is 11.7 Å². The molecule has 1 saturated heterocycles. The monoisotopic (exact) mass is 371 g/mol. The summed E-state index contributed by atoms with van der Waals surface area (Å²) in [6.07, 6.45) is 2.31. The van der Waals surface area contributed by atoms with Crippen molar-refractivity contribution in [2.45, 2.75) is 52.4 Å². The lowest BCUT2D eigenvalue weighted by Gasteiger charge is -2.21. The van der Waals surface area contributed by atoms with Gasteiger partial charge >= 0.3 is 0 Å². The van der Waals surface area contributed by atoms with Gasteiger partial charge in [-0.3, -0.25) is 14.4 Å². The molecule has 1 N–H and O–H groups in total. The van der Waals surface area contributed by atoms with E-state index in [1.165, 1.54) is 0 Å². The van der Waals surface area contributed by atoms with Gasteiger partial charge in [-0.05, 0) is 56.7 Å². The number of hydrogen-bond donors (Lipinski definition) is 1. The SMILES string of the molecule is Cc1cc(C)c(C2C(=O)CC(CCNC(=O)C3CCOCC3)C2=O)c(C)c1. The summed E-state index contributed by atoms with van der Waals surface area (Å²) in [5.41, 5.74) is 4.03. The molecule has 2 aliphatic rings. The van der Waals surface area contributed by atoms with Crippen LogP contribution in [-0.4, -0.2) is 37.2 Å². The predicted molar refractivity (Wildman–Crippen MR) is 103 cm³/mol. The van der Waals surface area contributed by atoms with E-state index >= 15 is 0 Å². The highest BCUT2D eigenvalue weighted by molar-refractivity contribution is 6.15. The second kappa shape index (κ2) is 8.34. The van der Waals surface area contributed by atoms with Crippen LogP contribution < -0.4 is 5.32 Å². The number of aryl methyl sites for hydroxylation is 3. The van der Waals surface area contributed by atoms with Crippen LogP contribution in [0.25, 0.3) is 0 Å². The minimum atomic E-state index is -0.637. The van der Waals surface area contributed by atoms with Gasteiger partial charge in [0.05, 0.1) is 0 Å². The van der Waals surface area contributed by atoms with Crippen LogP contribution in [0.3, 0.4) is 0 Å². The molecule has 0 spiro atoms. The Hall–Kier alpha value is -2.01. The molecule has 3 rings (SSSR count). The van der Waals surface area contributed by atoms with Crippen molar-refractivity contribution < 1.29 is 19.1 Å². The standard InChI is InChI=1S/C22H29NO4/c1-13-10-14(2)19(15(3)11-13)20-18(24)12-17(21(20)25)4-7-23-22(26)16-5-8-27-9-6-16/h10-11,16-17,20H,4-9,12H2,1-3H3,(H,23,26). The Labute approximate surface area is 160 Å². The van der Waals surface area contributed by atoms with Crippen molar-refractivity contribution in [3.05, 3.63) is 34.4 Å². The Morgan fingerprint density at radius 3 is 2.37 bits per heavy atom. The maximum atomic E-state index is 12.9. The van der Waals surface area contributed by atoms with E-state index in [2.05, 4.69) is 5.32 Å². The molecule has 2 unspecified atom stereocenters. The number of amides is 1. The fraction of sp³-hybridized carbons (Fsp3) is 0.591. The Morgan fingerprint density at radius 1 is 1.11 bits per heavy atom. The van der Waals surface area contributed by atoms with E-state index in [4.69, 9.17) is 4.74 Å². The zero-order chi connectivity index (χ0) is 19.6. The first-order valence-electron chi connectivity index (χ1n) is 9.88. The molecule has 1 aromatic rings. The molecular weight excluding hydrogens is 342 g/mol. The van der Waals surface area contributed by atoms with Gasteiger partial charge in [-0.2, -0.15) is 0 Å². The van der Waals surface area contributed by atoms with Gasteiger partial charge < -0.3 is 10.1 Å². The first-order chi connectivity index (χ1) is 12.9. The van der Waals surface area contributed by atoms with Crippen molar-refractivity contribution in [3.63, 3.8) is 0 Å². The minimum absolute atomic E-state index is 0.00488. The van der Waals surface area contributed by atoms with E-state index in [9.17, 15) is 14.4 Å². The first-order valence-corrected chi connectivity index (χ1v) is 9.88. The Bertz CT molecular complexity index is 726. The molecule has 1 aliphatic carbocycles. The Morgan fingerprint density at radius 2 is 1.74 bits per heavy atom. The number of benzene rings is 1. The molecule has 146 valence electrons. The topological polar surface area (TPSA) is 72.5 Å². The molecule has 0 aromatic heterocycles. The van der Waals surface area contributed by atoms with E-state index in [-0.39, 0.29) is 35.7 Å². The van der Waals surface area contributed by atoms with E-state index < -0.39 is 5.92 Å². The summed E-state index contributed by atoms with van der Waals surface area (Å²) in [4.78, 5) is 37.7. The Balaban J connectivity index is 1.60.